The molecule has 0 aliphatic heterocycles. The number of aliphatic hydroxyl groups is 2. The molecule has 0 aliphatic carbocycles. The van der Waals surface area contributed by atoms with Crippen molar-refractivity contribution in [2.45, 2.75) is 84.5 Å². The van der Waals surface area contributed by atoms with Crippen LogP contribution >= 0.6 is 0 Å². The molecule has 6 nitrogen and oxygen atoms in total. The summed E-state index contributed by atoms with van der Waals surface area (Å²) in [5, 5.41) is 29.7. The van der Waals surface area contributed by atoms with Crippen LogP contribution in [0.1, 0.15) is 84.5 Å². The first-order valence-corrected chi connectivity index (χ1v) is 10.2. The Morgan fingerprint density at radius 3 is 1.63 bits per heavy atom. The average Bonchev–Trinajstić information content (AvgIpc) is 2.62. The summed E-state index contributed by atoms with van der Waals surface area (Å²) in [7, 11) is 0. The molecule has 27 heavy (non-hydrogen) atoms. The summed E-state index contributed by atoms with van der Waals surface area (Å²) in [6.07, 6.45) is 11.6. The van der Waals surface area contributed by atoms with Crippen LogP contribution in [0.2, 0.25) is 0 Å². The largest absolute Gasteiger partial charge is 1.00 e. The van der Waals surface area contributed by atoms with Crippen LogP contribution in [-0.2, 0) is 9.59 Å². The molecule has 0 aromatic carbocycles. The molecule has 1 unspecified atom stereocenters. The Morgan fingerprint density at radius 2 is 1.26 bits per heavy atom. The quantitative estimate of drug-likeness (QED) is 0.179. The van der Waals surface area contributed by atoms with Gasteiger partial charge in [0.15, 0.2) is 0 Å². The van der Waals surface area contributed by atoms with Gasteiger partial charge in [-0.15, -0.1) is 0 Å². The van der Waals surface area contributed by atoms with E-state index in [1.54, 1.807) is 0 Å². The Balaban J connectivity index is 0. The van der Waals surface area contributed by atoms with Crippen molar-refractivity contribution in [3.8, 4) is 0 Å². The number of unbranched alkanes of at least 4 members (excludes halogenated alkanes) is 9. The molecule has 154 valence electrons. The van der Waals surface area contributed by atoms with Gasteiger partial charge in [0.2, 0.25) is 5.91 Å². The van der Waals surface area contributed by atoms with E-state index in [4.69, 9.17) is 10.2 Å². The van der Waals surface area contributed by atoms with E-state index in [2.05, 4.69) is 6.92 Å². The third kappa shape index (κ3) is 12.6. The zero-order chi connectivity index (χ0) is 19.8. The van der Waals surface area contributed by atoms with Gasteiger partial charge in [0.1, 0.15) is 0 Å². The van der Waals surface area contributed by atoms with Crippen LogP contribution in [0.5, 0.6) is 0 Å². The minimum atomic E-state index is -1.61. The molecule has 1 amide bonds. The Bertz CT molecular complexity index is 389. The molecule has 0 saturated carbocycles. The second kappa shape index (κ2) is 18.5. The van der Waals surface area contributed by atoms with Crippen molar-refractivity contribution < 1.29 is 76.3 Å². The number of hydrogen-bond acceptors (Lipinski definition) is 5. The molecule has 1 atom stereocenters. The molecule has 0 fully saturated rings. The van der Waals surface area contributed by atoms with E-state index in [1.165, 1.54) is 50.3 Å². The fraction of sp³-hybridized carbons (Fsp3) is 0.900. The predicted octanol–water partition coefficient (Wildman–Crippen LogP) is -1.13. The number of amides is 1. The van der Waals surface area contributed by atoms with Gasteiger partial charge in [0.05, 0.1) is 24.6 Å². The van der Waals surface area contributed by atoms with Crippen molar-refractivity contribution in [1.82, 2.24) is 4.90 Å². The van der Waals surface area contributed by atoms with Crippen molar-refractivity contribution in [3.05, 3.63) is 0 Å². The standard InChI is InChI=1S/C20H39NO5.K/c1-3-4-5-6-7-8-9-10-11-12-13-20(2,19(25)26)18(24)21(14-16-22)15-17-23;/h22-23H,3-17H2,1-2H3,(H,25,26);/q;+1/p-1. The minimum absolute atomic E-state index is 0. The summed E-state index contributed by atoms with van der Waals surface area (Å²) >= 11 is 0. The van der Waals surface area contributed by atoms with Crippen LogP contribution in [0.3, 0.4) is 0 Å². The Morgan fingerprint density at radius 1 is 0.852 bits per heavy atom. The number of aliphatic hydroxyl groups excluding tert-OH is 2. The Hall–Kier alpha value is 0.496. The number of carboxylic acids is 1. The second-order valence-electron chi connectivity index (χ2n) is 7.29. The molecule has 0 aromatic heterocycles. The third-order valence-corrected chi connectivity index (χ3v) is 4.98. The van der Waals surface area contributed by atoms with Gasteiger partial charge in [0, 0.05) is 13.1 Å². The van der Waals surface area contributed by atoms with E-state index in [-0.39, 0.29) is 84.1 Å². The minimum Gasteiger partial charge on any atom is -0.549 e. The van der Waals surface area contributed by atoms with E-state index in [9.17, 15) is 14.7 Å². The van der Waals surface area contributed by atoms with Crippen molar-refractivity contribution in [1.29, 1.82) is 0 Å². The van der Waals surface area contributed by atoms with Gasteiger partial charge in [-0.25, -0.2) is 0 Å². The van der Waals surface area contributed by atoms with Crippen LogP contribution in [0, 0.1) is 5.41 Å². The van der Waals surface area contributed by atoms with Crippen LogP contribution in [0.4, 0.5) is 0 Å². The number of nitrogens with zero attached hydrogens (tertiary/aromatic N) is 1. The maximum absolute atomic E-state index is 12.6. The average molecular weight is 412 g/mol. The topological polar surface area (TPSA) is 101 Å². The Kier molecular flexibility index (Phi) is 20.4. The number of carbonyl (C=O) groups is 2. The molecule has 2 N–H and O–H groups in total. The maximum Gasteiger partial charge on any atom is 1.00 e. The number of hydrogen-bond donors (Lipinski definition) is 2. The van der Waals surface area contributed by atoms with Crippen LogP contribution < -0.4 is 56.5 Å². The van der Waals surface area contributed by atoms with Gasteiger partial charge in [-0.1, -0.05) is 71.1 Å². The van der Waals surface area contributed by atoms with Gasteiger partial charge in [-0.05, 0) is 13.3 Å². The molecule has 0 aromatic rings. The predicted molar refractivity (Wildman–Crippen MR) is 100 cm³/mol. The SMILES string of the molecule is CCCCCCCCCCCCC(C)(C(=O)[O-])C(=O)N(CCO)CCO.[K+]. The first-order valence-electron chi connectivity index (χ1n) is 10.2. The molecule has 0 bridgehead atoms. The molecule has 0 rings (SSSR count). The zero-order valence-corrected chi connectivity index (χ0v) is 20.8. The monoisotopic (exact) mass is 411 g/mol. The summed E-state index contributed by atoms with van der Waals surface area (Å²) in [5.74, 6) is -1.98. The van der Waals surface area contributed by atoms with E-state index in [1.807, 2.05) is 0 Å². The first-order chi connectivity index (χ1) is 12.4. The summed E-state index contributed by atoms with van der Waals surface area (Å²) < 4.78 is 0. The second-order valence-corrected chi connectivity index (χ2v) is 7.29. The van der Waals surface area contributed by atoms with E-state index >= 15 is 0 Å². The molecular weight excluding hydrogens is 373 g/mol. The summed E-state index contributed by atoms with van der Waals surface area (Å²) in [5.41, 5.74) is -1.61. The fourth-order valence-electron chi connectivity index (χ4n) is 3.17. The smallest absolute Gasteiger partial charge is 0.549 e. The maximum atomic E-state index is 12.6. The molecule has 0 radical (unpaired) electrons. The number of carboxylic acid groups (broad SMARTS) is 1. The fourth-order valence-corrected chi connectivity index (χ4v) is 3.17. The van der Waals surface area contributed by atoms with E-state index in [0.717, 1.165) is 19.3 Å². The Labute approximate surface area is 207 Å². The molecule has 0 spiro atoms. The van der Waals surface area contributed by atoms with Crippen molar-refractivity contribution in [3.63, 3.8) is 0 Å². The van der Waals surface area contributed by atoms with Gasteiger partial charge >= 0.3 is 51.4 Å². The molecule has 0 saturated heterocycles. The van der Waals surface area contributed by atoms with E-state index < -0.39 is 17.3 Å². The molecule has 0 heterocycles. The first kappa shape index (κ1) is 29.7. The van der Waals surface area contributed by atoms with Gasteiger partial charge in [-0.2, -0.15) is 0 Å². The number of carbonyl (C=O) groups excluding carboxylic acids is 2. The van der Waals surface area contributed by atoms with Gasteiger partial charge in [-0.3, -0.25) is 4.79 Å². The molecule has 0 aliphatic rings. The van der Waals surface area contributed by atoms with Gasteiger partial charge in [0.25, 0.3) is 0 Å². The normalized spacial score (nSPS) is 12.9. The summed E-state index contributed by atoms with van der Waals surface area (Å²) in [6.45, 7) is 3.08. The number of rotatable bonds is 17. The van der Waals surface area contributed by atoms with Gasteiger partial charge < -0.3 is 25.0 Å². The molecular formula is C20H38KNO5. The summed E-state index contributed by atoms with van der Waals surface area (Å²) in [6, 6.07) is 0. The van der Waals surface area contributed by atoms with E-state index in [0.29, 0.717) is 6.42 Å². The van der Waals surface area contributed by atoms with Crippen molar-refractivity contribution in [2.24, 2.45) is 5.41 Å². The van der Waals surface area contributed by atoms with Crippen molar-refractivity contribution in [2.75, 3.05) is 26.3 Å². The van der Waals surface area contributed by atoms with Crippen LogP contribution in [0.25, 0.3) is 0 Å². The van der Waals surface area contributed by atoms with Crippen LogP contribution in [0.15, 0.2) is 0 Å². The summed E-state index contributed by atoms with van der Waals surface area (Å²) in [4.78, 5) is 25.3. The molecule has 7 heteroatoms. The third-order valence-electron chi connectivity index (χ3n) is 4.98. The number of aliphatic carboxylic acids is 1. The van der Waals surface area contributed by atoms with Crippen LogP contribution in [-0.4, -0.2) is 53.3 Å². The van der Waals surface area contributed by atoms with Crippen molar-refractivity contribution >= 4 is 11.9 Å². The zero-order valence-electron chi connectivity index (χ0n) is 17.7.